The van der Waals surface area contributed by atoms with E-state index in [1.165, 1.54) is 0 Å². The molecule has 2 rings (SSSR count). The molecule has 0 bridgehead atoms. The molecule has 0 amide bonds. The Hall–Kier alpha value is 0.230. The fourth-order valence-electron chi connectivity index (χ4n) is 3.03. The molecule has 0 aliphatic carbocycles. The van der Waals surface area contributed by atoms with Crippen molar-refractivity contribution in [1.29, 1.82) is 0 Å². The van der Waals surface area contributed by atoms with E-state index < -0.39 is 5.60 Å². The first-order valence-corrected chi connectivity index (χ1v) is 7.56. The molecule has 2 saturated heterocycles. The summed E-state index contributed by atoms with van der Waals surface area (Å²) in [6.07, 6.45) is 3.84. The average Bonchev–Trinajstić information content (AvgIpc) is 2.30. The smallest absolute Gasteiger partial charge is 0.0854 e. The lowest BCUT2D eigenvalue weighted by molar-refractivity contribution is -0.0708. The maximum absolute atomic E-state index is 10.8. The molecule has 3 nitrogen and oxygen atoms in total. The SMILES string of the molecule is CCN1CCCC(N)(C2(O)CCSCC2)C1. The Morgan fingerprint density at radius 1 is 1.31 bits per heavy atom. The minimum atomic E-state index is -0.619. The summed E-state index contributed by atoms with van der Waals surface area (Å²) in [4.78, 5) is 2.38. The summed E-state index contributed by atoms with van der Waals surface area (Å²) in [5, 5.41) is 10.8. The Labute approximate surface area is 103 Å². The minimum absolute atomic E-state index is 0.373. The van der Waals surface area contributed by atoms with E-state index >= 15 is 0 Å². The molecule has 0 aromatic rings. The molecular formula is C12H24N2OS. The van der Waals surface area contributed by atoms with Crippen LogP contribution in [-0.2, 0) is 0 Å². The van der Waals surface area contributed by atoms with E-state index in [0.717, 1.165) is 56.8 Å². The molecule has 94 valence electrons. The lowest BCUT2D eigenvalue weighted by Gasteiger charge is -2.51. The van der Waals surface area contributed by atoms with Crippen LogP contribution in [0.5, 0.6) is 0 Å². The molecule has 1 atom stereocenters. The second kappa shape index (κ2) is 4.84. The second-order valence-electron chi connectivity index (χ2n) is 5.27. The van der Waals surface area contributed by atoms with Gasteiger partial charge in [-0.2, -0.15) is 11.8 Å². The summed E-state index contributed by atoms with van der Waals surface area (Å²) in [5.41, 5.74) is 5.54. The van der Waals surface area contributed by atoms with Gasteiger partial charge in [-0.15, -0.1) is 0 Å². The maximum Gasteiger partial charge on any atom is 0.0854 e. The Balaban J connectivity index is 2.09. The van der Waals surface area contributed by atoms with Gasteiger partial charge in [-0.25, -0.2) is 0 Å². The molecule has 4 heteroatoms. The highest BCUT2D eigenvalue weighted by atomic mass is 32.2. The molecule has 0 radical (unpaired) electrons. The average molecular weight is 244 g/mol. The molecular weight excluding hydrogens is 220 g/mol. The normalized spacial score (nSPS) is 36.2. The van der Waals surface area contributed by atoms with E-state index in [-0.39, 0.29) is 5.54 Å². The number of rotatable bonds is 2. The molecule has 2 fully saturated rings. The van der Waals surface area contributed by atoms with Gasteiger partial charge in [0, 0.05) is 6.54 Å². The van der Waals surface area contributed by atoms with E-state index in [0.29, 0.717) is 0 Å². The van der Waals surface area contributed by atoms with Gasteiger partial charge in [0.1, 0.15) is 0 Å². The number of likely N-dealkylation sites (tertiary alicyclic amines) is 1. The summed E-state index contributed by atoms with van der Waals surface area (Å²) in [6, 6.07) is 0. The third kappa shape index (κ3) is 2.26. The van der Waals surface area contributed by atoms with Crippen LogP contribution in [-0.4, -0.2) is 52.3 Å². The van der Waals surface area contributed by atoms with Crippen molar-refractivity contribution in [3.8, 4) is 0 Å². The van der Waals surface area contributed by atoms with Gasteiger partial charge in [-0.1, -0.05) is 6.92 Å². The van der Waals surface area contributed by atoms with Gasteiger partial charge in [0.2, 0.25) is 0 Å². The van der Waals surface area contributed by atoms with Crippen molar-refractivity contribution < 1.29 is 5.11 Å². The lowest BCUT2D eigenvalue weighted by atomic mass is 9.71. The van der Waals surface area contributed by atoms with E-state index in [2.05, 4.69) is 11.8 Å². The van der Waals surface area contributed by atoms with Crippen molar-refractivity contribution >= 4 is 11.8 Å². The number of aliphatic hydroxyl groups is 1. The van der Waals surface area contributed by atoms with Crippen LogP contribution in [0, 0.1) is 0 Å². The number of likely N-dealkylation sites (N-methyl/N-ethyl adjacent to an activating group) is 1. The van der Waals surface area contributed by atoms with Gasteiger partial charge >= 0.3 is 0 Å². The zero-order chi connectivity index (χ0) is 11.6. The quantitative estimate of drug-likeness (QED) is 0.762. The Kier molecular flexibility index (Phi) is 3.84. The van der Waals surface area contributed by atoms with Gasteiger partial charge in [0.15, 0.2) is 0 Å². The highest BCUT2D eigenvalue weighted by molar-refractivity contribution is 7.99. The summed E-state index contributed by atoms with van der Waals surface area (Å²) in [6.45, 7) is 5.22. The van der Waals surface area contributed by atoms with Crippen molar-refractivity contribution in [2.75, 3.05) is 31.1 Å². The summed E-state index contributed by atoms with van der Waals surface area (Å²) < 4.78 is 0. The molecule has 3 N–H and O–H groups in total. The number of hydrogen-bond donors (Lipinski definition) is 2. The first-order valence-electron chi connectivity index (χ1n) is 6.41. The Bertz CT molecular complexity index is 243. The van der Waals surface area contributed by atoms with Crippen molar-refractivity contribution in [2.24, 2.45) is 5.73 Å². The zero-order valence-corrected chi connectivity index (χ0v) is 11.1. The highest BCUT2D eigenvalue weighted by Gasteiger charge is 2.49. The first-order chi connectivity index (χ1) is 7.60. The summed E-state index contributed by atoms with van der Waals surface area (Å²) >= 11 is 1.94. The third-order valence-electron chi connectivity index (χ3n) is 4.30. The zero-order valence-electron chi connectivity index (χ0n) is 10.2. The van der Waals surface area contributed by atoms with Gasteiger partial charge in [0.05, 0.1) is 11.1 Å². The van der Waals surface area contributed by atoms with Crippen LogP contribution in [0.15, 0.2) is 0 Å². The van der Waals surface area contributed by atoms with Crippen molar-refractivity contribution in [1.82, 2.24) is 4.90 Å². The Morgan fingerprint density at radius 2 is 2.00 bits per heavy atom. The lowest BCUT2D eigenvalue weighted by Crippen LogP contribution is -2.68. The monoisotopic (exact) mass is 244 g/mol. The molecule has 2 heterocycles. The largest absolute Gasteiger partial charge is 0.388 e. The van der Waals surface area contributed by atoms with Crippen LogP contribution in [0.2, 0.25) is 0 Å². The van der Waals surface area contributed by atoms with E-state index in [1.807, 2.05) is 11.8 Å². The van der Waals surface area contributed by atoms with Crippen molar-refractivity contribution in [3.05, 3.63) is 0 Å². The summed E-state index contributed by atoms with van der Waals surface area (Å²) in [5.74, 6) is 2.11. The topological polar surface area (TPSA) is 49.5 Å². The van der Waals surface area contributed by atoms with E-state index in [4.69, 9.17) is 5.73 Å². The van der Waals surface area contributed by atoms with Crippen LogP contribution in [0.1, 0.15) is 32.6 Å². The molecule has 2 aliphatic heterocycles. The van der Waals surface area contributed by atoms with Gasteiger partial charge in [-0.05, 0) is 50.3 Å². The van der Waals surface area contributed by atoms with Gasteiger partial charge in [-0.3, -0.25) is 0 Å². The first kappa shape index (κ1) is 12.7. The minimum Gasteiger partial charge on any atom is -0.388 e. The van der Waals surface area contributed by atoms with E-state index in [9.17, 15) is 5.11 Å². The third-order valence-corrected chi connectivity index (χ3v) is 5.28. The van der Waals surface area contributed by atoms with Crippen LogP contribution in [0.25, 0.3) is 0 Å². The maximum atomic E-state index is 10.8. The van der Waals surface area contributed by atoms with Gasteiger partial charge in [0.25, 0.3) is 0 Å². The number of hydrogen-bond acceptors (Lipinski definition) is 4. The Morgan fingerprint density at radius 3 is 2.62 bits per heavy atom. The van der Waals surface area contributed by atoms with Crippen LogP contribution >= 0.6 is 11.8 Å². The molecule has 1 unspecified atom stereocenters. The second-order valence-corrected chi connectivity index (χ2v) is 6.50. The molecule has 0 spiro atoms. The van der Waals surface area contributed by atoms with Gasteiger partial charge < -0.3 is 15.7 Å². The predicted molar refractivity (Wildman–Crippen MR) is 69.8 cm³/mol. The standard InChI is InChI=1S/C12H24N2OS/c1-2-14-7-3-4-11(13,10-14)12(15)5-8-16-9-6-12/h15H,2-10,13H2,1H3. The molecule has 0 aromatic carbocycles. The fraction of sp³-hybridized carbons (Fsp3) is 1.00. The number of nitrogens with zero attached hydrogens (tertiary/aromatic N) is 1. The molecule has 0 saturated carbocycles. The van der Waals surface area contributed by atoms with E-state index in [1.54, 1.807) is 0 Å². The highest BCUT2D eigenvalue weighted by Crippen LogP contribution is 2.39. The van der Waals surface area contributed by atoms with Crippen molar-refractivity contribution in [2.45, 2.75) is 43.7 Å². The fourth-order valence-corrected chi connectivity index (χ4v) is 4.20. The van der Waals surface area contributed by atoms with Crippen LogP contribution < -0.4 is 5.73 Å². The van der Waals surface area contributed by atoms with Crippen molar-refractivity contribution in [3.63, 3.8) is 0 Å². The van der Waals surface area contributed by atoms with Crippen LogP contribution in [0.3, 0.4) is 0 Å². The van der Waals surface area contributed by atoms with Crippen LogP contribution in [0.4, 0.5) is 0 Å². The molecule has 16 heavy (non-hydrogen) atoms. The predicted octanol–water partition coefficient (Wildman–Crippen LogP) is 1.06. The number of nitrogens with two attached hydrogens (primary N) is 1. The number of piperidine rings is 1. The number of thioether (sulfide) groups is 1. The summed E-state index contributed by atoms with van der Waals surface area (Å²) in [7, 11) is 0. The molecule has 0 aromatic heterocycles. The molecule has 2 aliphatic rings.